The lowest BCUT2D eigenvalue weighted by Crippen LogP contribution is -2.37. The summed E-state index contributed by atoms with van der Waals surface area (Å²) in [6, 6.07) is 1.19. The summed E-state index contributed by atoms with van der Waals surface area (Å²) in [7, 11) is 0. The van der Waals surface area contributed by atoms with E-state index in [0.717, 1.165) is 6.07 Å². The number of allylic oxidation sites excluding steroid dienone is 1. The molecule has 0 spiro atoms. The van der Waals surface area contributed by atoms with E-state index in [1.165, 1.54) is 17.4 Å². The predicted molar refractivity (Wildman–Crippen MR) is 127 cm³/mol. The number of esters is 1. The highest BCUT2D eigenvalue weighted by molar-refractivity contribution is 7.11. The molecule has 1 aliphatic heterocycles. The highest BCUT2D eigenvalue weighted by Crippen LogP contribution is 2.42. The Hall–Kier alpha value is -2.85. The summed E-state index contributed by atoms with van der Waals surface area (Å²) in [5.74, 6) is -4.11. The van der Waals surface area contributed by atoms with Gasteiger partial charge in [-0.1, -0.05) is 24.1 Å². The van der Waals surface area contributed by atoms with Gasteiger partial charge >= 0.3 is 11.9 Å². The van der Waals surface area contributed by atoms with Crippen LogP contribution in [0, 0.1) is 23.5 Å². The molecule has 0 bridgehead atoms. The Bertz CT molecular complexity index is 1190. The first-order valence-electron chi connectivity index (χ1n) is 11.3. The van der Waals surface area contributed by atoms with E-state index < -0.39 is 40.6 Å². The van der Waals surface area contributed by atoms with Crippen molar-refractivity contribution in [2.75, 3.05) is 6.61 Å². The number of carbonyl (C=O) groups is 2. The molecule has 2 aliphatic rings. The summed E-state index contributed by atoms with van der Waals surface area (Å²) in [5.41, 5.74) is 0.804. The van der Waals surface area contributed by atoms with Crippen LogP contribution in [0.1, 0.15) is 55.6 Å². The van der Waals surface area contributed by atoms with E-state index in [1.807, 2.05) is 0 Å². The zero-order valence-electron chi connectivity index (χ0n) is 18.9. The Morgan fingerprint density at radius 3 is 2.74 bits per heavy atom. The number of ether oxygens (including phenoxy) is 1. The molecule has 1 aliphatic carbocycles. The van der Waals surface area contributed by atoms with Gasteiger partial charge in [-0.15, -0.1) is 11.3 Å². The smallest absolute Gasteiger partial charge is 0.338 e. The van der Waals surface area contributed by atoms with Crippen LogP contribution in [0.4, 0.5) is 8.78 Å². The van der Waals surface area contributed by atoms with Crippen molar-refractivity contribution in [1.29, 1.82) is 0 Å². The molecule has 3 unspecified atom stereocenters. The second-order valence-electron chi connectivity index (χ2n) is 8.40. The Morgan fingerprint density at radius 1 is 1.26 bits per heavy atom. The van der Waals surface area contributed by atoms with Gasteiger partial charge in [-0.05, 0) is 44.6 Å². The van der Waals surface area contributed by atoms with E-state index >= 15 is 0 Å². The van der Waals surface area contributed by atoms with Gasteiger partial charge in [-0.2, -0.15) is 0 Å². The van der Waals surface area contributed by atoms with E-state index in [1.54, 1.807) is 18.5 Å². The molecule has 0 amide bonds. The standard InChI is InChI=1S/C24H24ClF2N3O4S/c1-2-34-24(33)16-19(12-4-3-5-13(7-6-12)23(31)32)29-21(22-28-10-11-35-22)30-20(16)14-8-9-15(26)18(27)17(14)25/h8-13,20H,2-7H2,1H3,(H,29,30)(H,31,32). The number of carbonyl (C=O) groups excluding carboxylic acids is 1. The van der Waals surface area contributed by atoms with Gasteiger partial charge in [0.2, 0.25) is 0 Å². The maximum absolute atomic E-state index is 14.4. The van der Waals surface area contributed by atoms with Crippen LogP contribution in [0.15, 0.2) is 40.0 Å². The largest absolute Gasteiger partial charge is 0.481 e. The molecule has 4 rings (SSSR count). The molecule has 3 atom stereocenters. The number of rotatable bonds is 6. The minimum atomic E-state index is -1.22. The quantitative estimate of drug-likeness (QED) is 0.304. The fourth-order valence-corrected chi connectivity index (χ4v) is 5.43. The van der Waals surface area contributed by atoms with Gasteiger partial charge in [0.25, 0.3) is 0 Å². The van der Waals surface area contributed by atoms with Crippen LogP contribution < -0.4 is 5.32 Å². The Labute approximate surface area is 209 Å². The monoisotopic (exact) mass is 523 g/mol. The molecular formula is C24H24ClF2N3O4S. The third kappa shape index (κ3) is 5.23. The van der Waals surface area contributed by atoms with Gasteiger partial charge in [0.05, 0.1) is 23.1 Å². The second kappa shape index (κ2) is 10.8. The maximum Gasteiger partial charge on any atom is 0.338 e. The van der Waals surface area contributed by atoms with Gasteiger partial charge in [-0.25, -0.2) is 18.6 Å². The third-order valence-corrected chi connectivity index (χ3v) is 7.45. The average molecular weight is 524 g/mol. The number of thiazole rings is 1. The average Bonchev–Trinajstić information content (AvgIpc) is 3.26. The first-order valence-corrected chi connectivity index (χ1v) is 12.6. The van der Waals surface area contributed by atoms with Crippen molar-refractivity contribution >= 4 is 40.7 Å². The summed E-state index contributed by atoms with van der Waals surface area (Å²) >= 11 is 7.53. The number of hydrogen-bond donors (Lipinski definition) is 2. The fraction of sp³-hybridized carbons (Fsp3) is 0.417. The van der Waals surface area contributed by atoms with E-state index in [0.29, 0.717) is 48.6 Å². The Kier molecular flexibility index (Phi) is 7.81. The molecule has 35 heavy (non-hydrogen) atoms. The lowest BCUT2D eigenvalue weighted by molar-refractivity contribution is -0.142. The number of aliphatic carboxylic acids is 1. The summed E-state index contributed by atoms with van der Waals surface area (Å²) in [6.45, 7) is 1.77. The first kappa shape index (κ1) is 25.2. The number of aliphatic imine (C=N–C) groups is 1. The molecule has 2 heterocycles. The molecule has 7 nitrogen and oxygen atoms in total. The molecule has 1 fully saturated rings. The van der Waals surface area contributed by atoms with E-state index in [4.69, 9.17) is 16.3 Å². The number of benzene rings is 1. The zero-order valence-corrected chi connectivity index (χ0v) is 20.5. The third-order valence-electron chi connectivity index (χ3n) is 6.29. The molecule has 1 saturated carbocycles. The number of carboxylic acid groups (broad SMARTS) is 1. The van der Waals surface area contributed by atoms with Gasteiger partial charge in [0.15, 0.2) is 22.5 Å². The van der Waals surface area contributed by atoms with Gasteiger partial charge in [0, 0.05) is 22.8 Å². The number of aromatic nitrogens is 1. The molecule has 1 aromatic heterocycles. The van der Waals surface area contributed by atoms with Gasteiger partial charge in [0.1, 0.15) is 6.04 Å². The fourth-order valence-electron chi connectivity index (χ4n) is 4.58. The van der Waals surface area contributed by atoms with Crippen LogP contribution in [0.2, 0.25) is 5.02 Å². The normalized spacial score (nSPS) is 22.7. The molecule has 2 aromatic rings. The number of halogens is 3. The van der Waals surface area contributed by atoms with Crippen molar-refractivity contribution in [2.24, 2.45) is 16.8 Å². The predicted octanol–water partition coefficient (Wildman–Crippen LogP) is 5.26. The first-order chi connectivity index (χ1) is 16.8. The van der Waals surface area contributed by atoms with E-state index in [2.05, 4.69) is 15.3 Å². The van der Waals surface area contributed by atoms with Crippen molar-refractivity contribution in [3.8, 4) is 0 Å². The molecule has 1 aromatic carbocycles. The lowest BCUT2D eigenvalue weighted by atomic mass is 9.86. The summed E-state index contributed by atoms with van der Waals surface area (Å²) in [4.78, 5) is 33.8. The maximum atomic E-state index is 14.4. The van der Waals surface area contributed by atoms with Crippen molar-refractivity contribution in [1.82, 2.24) is 10.3 Å². The van der Waals surface area contributed by atoms with Crippen molar-refractivity contribution in [2.45, 2.75) is 45.1 Å². The Balaban J connectivity index is 1.86. The van der Waals surface area contributed by atoms with Crippen LogP contribution in [0.25, 0.3) is 0 Å². The minimum Gasteiger partial charge on any atom is -0.481 e. The molecule has 186 valence electrons. The van der Waals surface area contributed by atoms with Crippen molar-refractivity contribution < 1.29 is 28.2 Å². The number of nitrogens with zero attached hydrogens (tertiary/aromatic N) is 2. The van der Waals surface area contributed by atoms with Crippen molar-refractivity contribution in [3.05, 3.63) is 62.2 Å². The SMILES string of the molecule is CCOC(=O)C1=C(C2CCCC(C(=O)O)CC2)NC(c2nccs2)=NC1c1ccc(F)c(F)c1Cl. The highest BCUT2D eigenvalue weighted by Gasteiger charge is 2.38. The summed E-state index contributed by atoms with van der Waals surface area (Å²) < 4.78 is 33.6. The molecule has 0 saturated heterocycles. The highest BCUT2D eigenvalue weighted by atomic mass is 35.5. The van der Waals surface area contributed by atoms with Crippen LogP contribution >= 0.6 is 22.9 Å². The topological polar surface area (TPSA) is 101 Å². The minimum absolute atomic E-state index is 0.0999. The molecule has 0 radical (unpaired) electrons. The lowest BCUT2D eigenvalue weighted by Gasteiger charge is -2.31. The molecule has 2 N–H and O–H groups in total. The van der Waals surface area contributed by atoms with E-state index in [-0.39, 0.29) is 23.7 Å². The van der Waals surface area contributed by atoms with Crippen LogP contribution in [0.3, 0.4) is 0 Å². The number of carboxylic acids is 1. The second-order valence-corrected chi connectivity index (χ2v) is 9.67. The Morgan fingerprint density at radius 2 is 2.06 bits per heavy atom. The summed E-state index contributed by atoms with van der Waals surface area (Å²) in [5, 5.41) is 14.6. The van der Waals surface area contributed by atoms with Crippen LogP contribution in [0.5, 0.6) is 0 Å². The zero-order chi connectivity index (χ0) is 25.1. The summed E-state index contributed by atoms with van der Waals surface area (Å²) in [6.07, 6.45) is 4.41. The van der Waals surface area contributed by atoms with Crippen molar-refractivity contribution in [3.63, 3.8) is 0 Å². The van der Waals surface area contributed by atoms with Crippen LogP contribution in [-0.4, -0.2) is 34.5 Å². The van der Waals surface area contributed by atoms with Gasteiger partial charge in [-0.3, -0.25) is 9.79 Å². The number of hydrogen-bond acceptors (Lipinski definition) is 7. The molecular weight excluding hydrogens is 500 g/mol. The van der Waals surface area contributed by atoms with Crippen LogP contribution in [-0.2, 0) is 14.3 Å². The number of nitrogens with one attached hydrogen (secondary N) is 1. The number of amidine groups is 1. The molecule has 11 heteroatoms. The van der Waals surface area contributed by atoms with E-state index in [9.17, 15) is 23.5 Å². The van der Waals surface area contributed by atoms with Gasteiger partial charge < -0.3 is 15.2 Å².